The largest absolute Gasteiger partial charge is 0.463 e. The van der Waals surface area contributed by atoms with Crippen LogP contribution in [0.2, 0.25) is 0 Å². The first kappa shape index (κ1) is 23.5. The molecule has 0 N–H and O–H groups in total. The van der Waals surface area contributed by atoms with E-state index in [4.69, 9.17) is 9.47 Å². The third-order valence-corrected chi connectivity index (χ3v) is 5.49. The van der Waals surface area contributed by atoms with E-state index >= 15 is 0 Å². The van der Waals surface area contributed by atoms with Gasteiger partial charge in [-0.25, -0.2) is 0 Å². The topological polar surface area (TPSA) is 35.5 Å². The molecule has 1 rings (SSSR count). The van der Waals surface area contributed by atoms with Crippen molar-refractivity contribution in [2.45, 2.75) is 129 Å². The van der Waals surface area contributed by atoms with Gasteiger partial charge in [-0.2, -0.15) is 0 Å². The van der Waals surface area contributed by atoms with Gasteiger partial charge < -0.3 is 9.47 Å². The van der Waals surface area contributed by atoms with Crippen molar-refractivity contribution < 1.29 is 14.3 Å². The first-order chi connectivity index (χ1) is 12.8. The maximum Gasteiger partial charge on any atom is 0.305 e. The van der Waals surface area contributed by atoms with Crippen LogP contribution >= 0.6 is 0 Å². The standard InChI is InChI=1S/C23H44O3/c1-2-3-4-5-6-7-8-9-10-11-12-16-19-23(24)26-21-20-25-22-17-14-13-15-18-22/h22H,2-21H2,1H3. The zero-order valence-corrected chi connectivity index (χ0v) is 17.4. The summed E-state index contributed by atoms with van der Waals surface area (Å²) in [6, 6.07) is 0. The Balaban J connectivity index is 1.75. The Morgan fingerprint density at radius 3 is 1.85 bits per heavy atom. The Morgan fingerprint density at radius 2 is 1.27 bits per heavy atom. The van der Waals surface area contributed by atoms with Gasteiger partial charge in [0, 0.05) is 6.42 Å². The minimum Gasteiger partial charge on any atom is -0.463 e. The fourth-order valence-electron chi connectivity index (χ4n) is 3.78. The van der Waals surface area contributed by atoms with Crippen molar-refractivity contribution in [2.24, 2.45) is 0 Å². The molecule has 0 heterocycles. The molecule has 0 atom stereocenters. The molecule has 0 aromatic carbocycles. The molecule has 0 amide bonds. The molecule has 0 aliphatic heterocycles. The lowest BCUT2D eigenvalue weighted by molar-refractivity contribution is -0.146. The van der Waals surface area contributed by atoms with Crippen LogP contribution in [0.25, 0.3) is 0 Å². The fourth-order valence-corrected chi connectivity index (χ4v) is 3.78. The van der Waals surface area contributed by atoms with Crippen molar-refractivity contribution in [3.63, 3.8) is 0 Å². The second kappa shape index (κ2) is 17.8. The number of rotatable bonds is 17. The minimum atomic E-state index is -0.0516. The third-order valence-electron chi connectivity index (χ3n) is 5.49. The molecule has 0 saturated heterocycles. The molecule has 1 fully saturated rings. The zero-order chi connectivity index (χ0) is 18.7. The highest BCUT2D eigenvalue weighted by molar-refractivity contribution is 5.69. The lowest BCUT2D eigenvalue weighted by Gasteiger charge is -2.21. The number of hydrogen-bond donors (Lipinski definition) is 0. The van der Waals surface area contributed by atoms with Gasteiger partial charge in [-0.1, -0.05) is 96.8 Å². The summed E-state index contributed by atoms with van der Waals surface area (Å²) in [5.74, 6) is -0.0516. The van der Waals surface area contributed by atoms with Gasteiger partial charge in [-0.05, 0) is 19.3 Å². The Bertz CT molecular complexity index is 311. The molecule has 1 saturated carbocycles. The average Bonchev–Trinajstić information content (AvgIpc) is 2.67. The second-order valence-corrected chi connectivity index (χ2v) is 7.99. The first-order valence-electron chi connectivity index (χ1n) is 11.6. The van der Waals surface area contributed by atoms with Crippen LogP contribution in [0.3, 0.4) is 0 Å². The summed E-state index contributed by atoms with van der Waals surface area (Å²) in [7, 11) is 0. The molecule has 3 nitrogen and oxygen atoms in total. The number of hydrogen-bond acceptors (Lipinski definition) is 3. The molecular weight excluding hydrogens is 324 g/mol. The van der Waals surface area contributed by atoms with Gasteiger partial charge in [-0.3, -0.25) is 4.79 Å². The monoisotopic (exact) mass is 368 g/mol. The summed E-state index contributed by atoms with van der Waals surface area (Å²) in [6.45, 7) is 3.26. The molecule has 26 heavy (non-hydrogen) atoms. The highest BCUT2D eigenvalue weighted by Crippen LogP contribution is 2.20. The summed E-state index contributed by atoms with van der Waals surface area (Å²) < 4.78 is 11.0. The highest BCUT2D eigenvalue weighted by Gasteiger charge is 2.13. The summed E-state index contributed by atoms with van der Waals surface area (Å²) in [6.07, 6.45) is 23.1. The van der Waals surface area contributed by atoms with E-state index in [-0.39, 0.29) is 5.97 Å². The van der Waals surface area contributed by atoms with Crippen LogP contribution in [0.15, 0.2) is 0 Å². The van der Waals surface area contributed by atoms with E-state index in [1.54, 1.807) is 0 Å². The van der Waals surface area contributed by atoms with E-state index < -0.39 is 0 Å². The third kappa shape index (κ3) is 14.6. The minimum absolute atomic E-state index is 0.0516. The van der Waals surface area contributed by atoms with Crippen LogP contribution < -0.4 is 0 Å². The summed E-state index contributed by atoms with van der Waals surface area (Å²) in [5.41, 5.74) is 0. The van der Waals surface area contributed by atoms with E-state index in [2.05, 4.69) is 6.92 Å². The lowest BCUT2D eigenvalue weighted by atomic mass is 9.98. The van der Waals surface area contributed by atoms with Crippen LogP contribution in [0.1, 0.15) is 122 Å². The molecule has 1 aliphatic carbocycles. The van der Waals surface area contributed by atoms with Gasteiger partial charge in [-0.15, -0.1) is 0 Å². The van der Waals surface area contributed by atoms with Crippen LogP contribution in [0, 0.1) is 0 Å². The van der Waals surface area contributed by atoms with E-state index in [1.807, 2.05) is 0 Å². The van der Waals surface area contributed by atoms with E-state index in [0.29, 0.717) is 25.7 Å². The van der Waals surface area contributed by atoms with Crippen molar-refractivity contribution in [3.05, 3.63) is 0 Å². The molecule has 1 aliphatic rings. The van der Waals surface area contributed by atoms with Crippen LogP contribution in [0.5, 0.6) is 0 Å². The van der Waals surface area contributed by atoms with Crippen molar-refractivity contribution in [3.8, 4) is 0 Å². The van der Waals surface area contributed by atoms with E-state index in [1.165, 1.54) is 96.3 Å². The Kier molecular flexibility index (Phi) is 16.1. The maximum atomic E-state index is 11.7. The SMILES string of the molecule is CCCCCCCCCCCCCCC(=O)OCCOC1CCCCC1. The van der Waals surface area contributed by atoms with Gasteiger partial charge in [0.2, 0.25) is 0 Å². The molecule has 0 radical (unpaired) electrons. The molecule has 0 bridgehead atoms. The number of carbonyl (C=O) groups is 1. The summed E-state index contributed by atoms with van der Waals surface area (Å²) in [5, 5.41) is 0. The summed E-state index contributed by atoms with van der Waals surface area (Å²) in [4.78, 5) is 11.7. The number of esters is 1. The molecule has 154 valence electrons. The number of carbonyl (C=O) groups excluding carboxylic acids is 1. The highest BCUT2D eigenvalue weighted by atomic mass is 16.6. The number of unbranched alkanes of at least 4 members (excludes halogenated alkanes) is 11. The fraction of sp³-hybridized carbons (Fsp3) is 0.957. The van der Waals surface area contributed by atoms with Crippen molar-refractivity contribution in [1.29, 1.82) is 0 Å². The molecular formula is C23H44O3. The normalized spacial score (nSPS) is 15.3. The Hall–Kier alpha value is -0.570. The van der Waals surface area contributed by atoms with Crippen LogP contribution in [0.4, 0.5) is 0 Å². The van der Waals surface area contributed by atoms with Crippen molar-refractivity contribution >= 4 is 5.97 Å². The zero-order valence-electron chi connectivity index (χ0n) is 17.4. The van der Waals surface area contributed by atoms with Gasteiger partial charge >= 0.3 is 5.97 Å². The first-order valence-corrected chi connectivity index (χ1v) is 11.6. The smallest absolute Gasteiger partial charge is 0.305 e. The van der Waals surface area contributed by atoms with E-state index in [9.17, 15) is 4.79 Å². The molecule has 0 spiro atoms. The maximum absolute atomic E-state index is 11.7. The summed E-state index contributed by atoms with van der Waals surface area (Å²) >= 11 is 0. The van der Waals surface area contributed by atoms with Gasteiger partial charge in [0.25, 0.3) is 0 Å². The van der Waals surface area contributed by atoms with Crippen molar-refractivity contribution in [1.82, 2.24) is 0 Å². The quantitative estimate of drug-likeness (QED) is 0.205. The predicted molar refractivity (Wildman–Crippen MR) is 109 cm³/mol. The van der Waals surface area contributed by atoms with Crippen LogP contribution in [-0.2, 0) is 14.3 Å². The number of ether oxygens (including phenoxy) is 2. The average molecular weight is 369 g/mol. The van der Waals surface area contributed by atoms with Gasteiger partial charge in [0.15, 0.2) is 0 Å². The lowest BCUT2D eigenvalue weighted by Crippen LogP contribution is -2.20. The second-order valence-electron chi connectivity index (χ2n) is 7.99. The molecule has 0 aromatic rings. The van der Waals surface area contributed by atoms with Gasteiger partial charge in [0.05, 0.1) is 12.7 Å². The van der Waals surface area contributed by atoms with Crippen molar-refractivity contribution in [2.75, 3.05) is 13.2 Å². The van der Waals surface area contributed by atoms with Crippen LogP contribution in [-0.4, -0.2) is 25.3 Å². The van der Waals surface area contributed by atoms with E-state index in [0.717, 1.165) is 12.8 Å². The molecule has 0 unspecified atom stereocenters. The Labute approximate surface area is 162 Å². The Morgan fingerprint density at radius 1 is 0.731 bits per heavy atom. The molecule has 3 heteroatoms. The van der Waals surface area contributed by atoms with Gasteiger partial charge in [0.1, 0.15) is 6.61 Å². The predicted octanol–water partition coefficient (Wildman–Crippen LogP) is 6.97. The molecule has 0 aromatic heterocycles.